The molecular weight excluding hydrogens is 636 g/mol. The van der Waals surface area contributed by atoms with E-state index < -0.39 is 17.7 Å². The number of nitriles is 1. The fourth-order valence-electron chi connectivity index (χ4n) is 5.14. The largest absolute Gasteiger partial charge is 0.504 e. The maximum Gasteiger partial charge on any atom is 0.254 e. The zero-order valence-electron chi connectivity index (χ0n) is 25.3. The number of benzene rings is 4. The van der Waals surface area contributed by atoms with Crippen molar-refractivity contribution in [1.82, 2.24) is 5.32 Å². The van der Waals surface area contributed by atoms with Gasteiger partial charge in [-0.15, -0.1) is 0 Å². The second kappa shape index (κ2) is 14.7. The molecule has 1 aliphatic rings. The number of amides is 2. The lowest BCUT2D eigenvalue weighted by molar-refractivity contribution is -0.114. The number of aromatic hydroxyl groups is 1. The SMILES string of the molecule is COc1cc([C@@H]2C(C#N)=C(SCC(=O)Nc3ccc(Cl)cc3C(=O)c3ccccc3)NC(C)=C2C(=O)Nc2ccccc2)ccc1O. The number of nitrogens with zero attached hydrogens (tertiary/aromatic N) is 1. The van der Waals surface area contributed by atoms with Crippen LogP contribution in [-0.2, 0) is 9.59 Å². The number of nitrogens with one attached hydrogen (secondary N) is 3. The van der Waals surface area contributed by atoms with Crippen LogP contribution in [0.2, 0.25) is 5.02 Å². The van der Waals surface area contributed by atoms with Crippen LogP contribution in [0.1, 0.15) is 34.3 Å². The first-order valence-electron chi connectivity index (χ1n) is 14.4. The van der Waals surface area contributed by atoms with Crippen molar-refractivity contribution in [3.8, 4) is 17.6 Å². The van der Waals surface area contributed by atoms with Crippen LogP contribution >= 0.6 is 23.4 Å². The molecule has 1 heterocycles. The van der Waals surface area contributed by atoms with E-state index in [-0.39, 0.29) is 39.7 Å². The molecule has 11 heteroatoms. The number of rotatable bonds is 10. The van der Waals surface area contributed by atoms with Gasteiger partial charge in [0.25, 0.3) is 5.91 Å². The van der Waals surface area contributed by atoms with Gasteiger partial charge in [-0.05, 0) is 55.0 Å². The Balaban J connectivity index is 1.43. The van der Waals surface area contributed by atoms with Gasteiger partial charge in [-0.1, -0.05) is 78.0 Å². The number of methoxy groups -OCH3 is 1. The molecule has 4 N–H and O–H groups in total. The summed E-state index contributed by atoms with van der Waals surface area (Å²) in [5.74, 6) is -2.04. The van der Waals surface area contributed by atoms with Crippen LogP contribution in [0.15, 0.2) is 119 Å². The van der Waals surface area contributed by atoms with Gasteiger partial charge >= 0.3 is 0 Å². The third-order valence-electron chi connectivity index (χ3n) is 7.34. The number of ether oxygens (including phenoxy) is 1. The molecule has 0 spiro atoms. The molecule has 0 fully saturated rings. The number of hydrogen-bond acceptors (Lipinski definition) is 8. The molecule has 4 aromatic carbocycles. The van der Waals surface area contributed by atoms with Gasteiger partial charge < -0.3 is 25.8 Å². The summed E-state index contributed by atoms with van der Waals surface area (Å²) in [5, 5.41) is 30.3. The number of anilines is 2. The number of allylic oxidation sites excluding steroid dienone is 2. The van der Waals surface area contributed by atoms with Gasteiger partial charge in [-0.3, -0.25) is 14.4 Å². The van der Waals surface area contributed by atoms with E-state index in [4.69, 9.17) is 16.3 Å². The van der Waals surface area contributed by atoms with Crippen molar-refractivity contribution in [3.05, 3.63) is 141 Å². The topological polar surface area (TPSA) is 141 Å². The lowest BCUT2D eigenvalue weighted by Crippen LogP contribution is -2.31. The summed E-state index contributed by atoms with van der Waals surface area (Å²) < 4.78 is 5.32. The number of hydrogen-bond donors (Lipinski definition) is 4. The molecule has 2 amide bonds. The Morgan fingerprint density at radius 3 is 2.36 bits per heavy atom. The predicted molar refractivity (Wildman–Crippen MR) is 183 cm³/mol. The van der Waals surface area contributed by atoms with E-state index in [1.54, 1.807) is 85.8 Å². The number of phenolic OH excluding ortho intramolecular Hbond substituents is 1. The van der Waals surface area contributed by atoms with Crippen LogP contribution < -0.4 is 20.7 Å². The van der Waals surface area contributed by atoms with Gasteiger partial charge in [0.15, 0.2) is 17.3 Å². The third kappa shape index (κ3) is 7.49. The van der Waals surface area contributed by atoms with Crippen molar-refractivity contribution >= 4 is 52.3 Å². The van der Waals surface area contributed by atoms with Crippen LogP contribution in [0.25, 0.3) is 0 Å². The summed E-state index contributed by atoms with van der Waals surface area (Å²) >= 11 is 7.28. The van der Waals surface area contributed by atoms with Crippen LogP contribution in [-0.4, -0.2) is 35.6 Å². The fraction of sp³-hybridized carbons (Fsp3) is 0.111. The number of ketones is 1. The van der Waals surface area contributed by atoms with E-state index in [1.165, 1.54) is 19.2 Å². The van der Waals surface area contributed by atoms with E-state index in [0.717, 1.165) is 11.8 Å². The standard InChI is InChI=1S/C36H29ClN4O5S/c1-21-32(35(45)40-25-11-7-4-8-12-25)33(23-13-16-29(42)30(17-23)46-2)27(19-38)36(39-21)47-20-31(43)41-28-15-14-24(37)18-26(28)34(44)22-9-5-3-6-10-22/h3-18,33,39,42H,20H2,1-2H3,(H,40,45)(H,41,43)/t33-/m1/s1. The number of para-hydroxylation sites is 1. The summed E-state index contributed by atoms with van der Waals surface area (Å²) in [6.07, 6.45) is 0. The summed E-state index contributed by atoms with van der Waals surface area (Å²) in [6, 6.07) is 29.1. The molecule has 0 saturated heterocycles. The Hall–Kier alpha value is -5.50. The Bertz CT molecular complexity index is 1960. The highest BCUT2D eigenvalue weighted by Crippen LogP contribution is 2.43. The molecule has 47 heavy (non-hydrogen) atoms. The van der Waals surface area contributed by atoms with Gasteiger partial charge in [0, 0.05) is 33.1 Å². The average molecular weight is 665 g/mol. The number of halogens is 1. The highest BCUT2D eigenvalue weighted by Gasteiger charge is 2.35. The molecule has 0 bridgehead atoms. The summed E-state index contributed by atoms with van der Waals surface area (Å²) in [7, 11) is 1.41. The van der Waals surface area contributed by atoms with E-state index in [2.05, 4.69) is 22.0 Å². The van der Waals surface area contributed by atoms with Crippen molar-refractivity contribution in [2.24, 2.45) is 0 Å². The van der Waals surface area contributed by atoms with Crippen LogP contribution in [0.4, 0.5) is 11.4 Å². The van der Waals surface area contributed by atoms with E-state index >= 15 is 0 Å². The quantitative estimate of drug-likeness (QED) is 0.133. The zero-order valence-corrected chi connectivity index (χ0v) is 26.9. The Kier molecular flexibility index (Phi) is 10.3. The minimum atomic E-state index is -0.851. The molecule has 0 unspecified atom stereocenters. The van der Waals surface area contributed by atoms with Gasteiger partial charge in [0.05, 0.1) is 41.1 Å². The number of carbonyl (C=O) groups is 3. The minimum absolute atomic E-state index is 0.0951. The van der Waals surface area contributed by atoms with Crippen molar-refractivity contribution in [1.29, 1.82) is 5.26 Å². The lowest BCUT2D eigenvalue weighted by Gasteiger charge is -2.30. The first-order chi connectivity index (χ1) is 22.7. The number of phenols is 1. The maximum absolute atomic E-state index is 13.7. The molecule has 0 aromatic heterocycles. The molecule has 1 aliphatic heterocycles. The lowest BCUT2D eigenvalue weighted by atomic mass is 9.82. The van der Waals surface area contributed by atoms with Crippen LogP contribution in [0.5, 0.6) is 11.5 Å². The molecule has 236 valence electrons. The van der Waals surface area contributed by atoms with Gasteiger partial charge in [0.1, 0.15) is 0 Å². The van der Waals surface area contributed by atoms with E-state index in [1.807, 2.05) is 6.07 Å². The minimum Gasteiger partial charge on any atom is -0.504 e. The van der Waals surface area contributed by atoms with Gasteiger partial charge in [-0.25, -0.2) is 0 Å². The van der Waals surface area contributed by atoms with Gasteiger partial charge in [-0.2, -0.15) is 5.26 Å². The number of thioether (sulfide) groups is 1. The predicted octanol–water partition coefficient (Wildman–Crippen LogP) is 6.99. The Labute approximate surface area is 280 Å². The molecule has 1 atom stereocenters. The molecular formula is C36H29ClN4O5S. The third-order valence-corrected chi connectivity index (χ3v) is 8.60. The highest BCUT2D eigenvalue weighted by molar-refractivity contribution is 8.03. The molecule has 9 nitrogen and oxygen atoms in total. The van der Waals surface area contributed by atoms with Crippen molar-refractivity contribution in [2.75, 3.05) is 23.5 Å². The maximum atomic E-state index is 13.7. The smallest absolute Gasteiger partial charge is 0.254 e. The first-order valence-corrected chi connectivity index (χ1v) is 15.7. The van der Waals surface area contributed by atoms with E-state index in [9.17, 15) is 24.8 Å². The Morgan fingerprint density at radius 2 is 1.68 bits per heavy atom. The molecule has 0 aliphatic carbocycles. The van der Waals surface area contributed by atoms with Crippen LogP contribution in [0, 0.1) is 11.3 Å². The van der Waals surface area contributed by atoms with Crippen molar-refractivity contribution < 1.29 is 24.2 Å². The molecule has 4 aromatic rings. The molecule has 5 rings (SSSR count). The molecule has 0 radical (unpaired) electrons. The normalized spacial score (nSPS) is 14.1. The number of carbonyl (C=O) groups excluding carboxylic acids is 3. The average Bonchev–Trinajstić information content (AvgIpc) is 3.08. The number of dihydropyridines is 1. The fourth-order valence-corrected chi connectivity index (χ4v) is 6.20. The summed E-state index contributed by atoms with van der Waals surface area (Å²) in [4.78, 5) is 40.2. The summed E-state index contributed by atoms with van der Waals surface area (Å²) in [5.41, 5.74) is 3.05. The monoisotopic (exact) mass is 664 g/mol. The van der Waals surface area contributed by atoms with Crippen molar-refractivity contribution in [2.45, 2.75) is 12.8 Å². The second-order valence-corrected chi connectivity index (χ2v) is 11.8. The highest BCUT2D eigenvalue weighted by atomic mass is 35.5. The van der Waals surface area contributed by atoms with Gasteiger partial charge in [0.2, 0.25) is 5.91 Å². The Morgan fingerprint density at radius 1 is 0.979 bits per heavy atom. The summed E-state index contributed by atoms with van der Waals surface area (Å²) in [6.45, 7) is 1.72. The second-order valence-electron chi connectivity index (χ2n) is 10.4. The molecule has 0 saturated carbocycles. The zero-order chi connectivity index (χ0) is 33.5. The van der Waals surface area contributed by atoms with E-state index in [0.29, 0.717) is 38.3 Å². The van der Waals surface area contributed by atoms with Crippen molar-refractivity contribution in [3.63, 3.8) is 0 Å². The van der Waals surface area contributed by atoms with Crippen LogP contribution in [0.3, 0.4) is 0 Å². The first kappa shape index (κ1) is 32.9.